The summed E-state index contributed by atoms with van der Waals surface area (Å²) in [5.41, 5.74) is 2.17. The summed E-state index contributed by atoms with van der Waals surface area (Å²) in [7, 11) is 1.63. The maximum absolute atomic E-state index is 12.7. The van der Waals surface area contributed by atoms with Gasteiger partial charge in [-0.15, -0.1) is 0 Å². The van der Waals surface area contributed by atoms with E-state index in [1.165, 1.54) is 11.8 Å². The molecule has 1 heterocycles. The van der Waals surface area contributed by atoms with Crippen LogP contribution in [0.5, 0.6) is 5.75 Å². The van der Waals surface area contributed by atoms with Crippen LogP contribution >= 0.6 is 11.8 Å². The summed E-state index contributed by atoms with van der Waals surface area (Å²) < 4.78 is 5.14. The third-order valence-electron chi connectivity index (χ3n) is 3.45. The van der Waals surface area contributed by atoms with Gasteiger partial charge in [0.15, 0.2) is 5.17 Å². The fourth-order valence-electron chi connectivity index (χ4n) is 2.30. The Morgan fingerprint density at radius 3 is 2.39 bits per heavy atom. The van der Waals surface area contributed by atoms with E-state index in [9.17, 15) is 4.79 Å². The summed E-state index contributed by atoms with van der Waals surface area (Å²) in [6.07, 6.45) is 3.71. The minimum absolute atomic E-state index is 0.114. The Bertz CT molecular complexity index is 767. The molecular formula is C18H16N2O2S. The Hall–Kier alpha value is -2.53. The number of benzene rings is 2. The fourth-order valence-corrected chi connectivity index (χ4v) is 2.86. The lowest BCUT2D eigenvalue weighted by Gasteiger charge is -2.16. The lowest BCUT2D eigenvalue weighted by molar-refractivity contribution is -0.113. The molecule has 0 spiro atoms. The largest absolute Gasteiger partial charge is 0.497 e. The minimum Gasteiger partial charge on any atom is -0.497 e. The van der Waals surface area contributed by atoms with Crippen molar-refractivity contribution >= 4 is 34.6 Å². The maximum Gasteiger partial charge on any atom is 0.283 e. The van der Waals surface area contributed by atoms with E-state index < -0.39 is 0 Å². The zero-order valence-electron chi connectivity index (χ0n) is 12.9. The highest BCUT2D eigenvalue weighted by atomic mass is 32.2. The Kier molecular flexibility index (Phi) is 4.48. The second-order valence-electron chi connectivity index (χ2n) is 4.88. The van der Waals surface area contributed by atoms with Crippen LogP contribution in [0.2, 0.25) is 0 Å². The fraction of sp³-hybridized carbons (Fsp3) is 0.111. The maximum atomic E-state index is 12.7. The van der Waals surface area contributed by atoms with E-state index in [1.54, 1.807) is 18.1 Å². The van der Waals surface area contributed by atoms with Crippen LogP contribution in [0, 0.1) is 0 Å². The van der Waals surface area contributed by atoms with Crippen molar-refractivity contribution in [2.45, 2.75) is 0 Å². The quantitative estimate of drug-likeness (QED) is 0.807. The van der Waals surface area contributed by atoms with Crippen molar-refractivity contribution in [2.75, 3.05) is 18.3 Å². The molecule has 0 N–H and O–H groups in total. The molecule has 4 nitrogen and oxygen atoms in total. The molecule has 0 saturated heterocycles. The van der Waals surface area contributed by atoms with Gasteiger partial charge in [-0.3, -0.25) is 9.69 Å². The van der Waals surface area contributed by atoms with Gasteiger partial charge in [-0.25, -0.2) is 4.99 Å². The first kappa shape index (κ1) is 15.4. The minimum atomic E-state index is -0.114. The molecule has 2 aromatic carbocycles. The number of anilines is 1. The highest BCUT2D eigenvalue weighted by Crippen LogP contribution is 2.28. The van der Waals surface area contributed by atoms with Crippen LogP contribution in [0.15, 0.2) is 65.3 Å². The molecule has 23 heavy (non-hydrogen) atoms. The molecule has 1 amide bonds. The molecule has 0 aliphatic carbocycles. The van der Waals surface area contributed by atoms with Crippen molar-refractivity contribution in [1.82, 2.24) is 0 Å². The lowest BCUT2D eigenvalue weighted by atomic mass is 10.2. The molecule has 0 unspecified atom stereocenters. The molecule has 116 valence electrons. The highest BCUT2D eigenvalue weighted by Gasteiger charge is 2.30. The standard InChI is InChI=1S/C18H16N2O2S/c1-22-15-10-8-13(9-11-15)12-16-17(21)20(18(19-16)23-2)14-6-4-3-5-7-14/h3-12H,1-2H3. The molecule has 0 fully saturated rings. The van der Waals surface area contributed by atoms with Gasteiger partial charge >= 0.3 is 0 Å². The second-order valence-corrected chi connectivity index (χ2v) is 5.65. The molecule has 0 atom stereocenters. The van der Waals surface area contributed by atoms with Gasteiger partial charge in [0.25, 0.3) is 5.91 Å². The van der Waals surface area contributed by atoms with E-state index in [-0.39, 0.29) is 5.91 Å². The van der Waals surface area contributed by atoms with E-state index in [0.29, 0.717) is 10.9 Å². The van der Waals surface area contributed by atoms with Crippen LogP contribution in [-0.2, 0) is 4.79 Å². The average molecular weight is 324 g/mol. The van der Waals surface area contributed by atoms with Crippen molar-refractivity contribution in [2.24, 2.45) is 4.99 Å². The number of methoxy groups -OCH3 is 1. The third-order valence-corrected chi connectivity index (χ3v) is 4.08. The van der Waals surface area contributed by atoms with Gasteiger partial charge < -0.3 is 4.74 Å². The monoisotopic (exact) mass is 324 g/mol. The SMILES string of the molecule is COc1ccc(C=C2N=C(SC)N(c3ccccc3)C2=O)cc1. The Labute approximate surface area is 139 Å². The van der Waals surface area contributed by atoms with Crippen LogP contribution in [0.25, 0.3) is 6.08 Å². The number of amides is 1. The first-order valence-corrected chi connectivity index (χ1v) is 8.33. The van der Waals surface area contributed by atoms with E-state index in [2.05, 4.69) is 4.99 Å². The van der Waals surface area contributed by atoms with Crippen molar-refractivity contribution < 1.29 is 9.53 Å². The topological polar surface area (TPSA) is 41.9 Å². The number of amidine groups is 1. The highest BCUT2D eigenvalue weighted by molar-refractivity contribution is 8.13. The molecule has 5 heteroatoms. The first-order chi connectivity index (χ1) is 11.2. The van der Waals surface area contributed by atoms with Crippen LogP contribution in [0.1, 0.15) is 5.56 Å². The average Bonchev–Trinajstić information content (AvgIpc) is 2.92. The van der Waals surface area contributed by atoms with Gasteiger partial charge in [-0.1, -0.05) is 42.1 Å². The molecule has 0 radical (unpaired) electrons. The van der Waals surface area contributed by atoms with Gasteiger partial charge in [-0.05, 0) is 42.2 Å². The second kappa shape index (κ2) is 6.71. The van der Waals surface area contributed by atoms with Crippen molar-refractivity contribution in [3.05, 3.63) is 65.9 Å². The first-order valence-electron chi connectivity index (χ1n) is 7.11. The number of carbonyl (C=O) groups excluding carboxylic acids is 1. The number of aliphatic imine (C=N–C) groups is 1. The number of thioether (sulfide) groups is 1. The molecule has 1 aliphatic rings. The van der Waals surface area contributed by atoms with Crippen molar-refractivity contribution in [3.8, 4) is 5.75 Å². The Morgan fingerprint density at radius 1 is 1.09 bits per heavy atom. The number of carbonyl (C=O) groups is 1. The number of para-hydroxylation sites is 1. The normalized spacial score (nSPS) is 15.9. The van der Waals surface area contributed by atoms with E-state index in [4.69, 9.17) is 4.74 Å². The number of hydrogen-bond acceptors (Lipinski definition) is 4. The van der Waals surface area contributed by atoms with Gasteiger partial charge in [0.2, 0.25) is 0 Å². The molecule has 2 aromatic rings. The van der Waals surface area contributed by atoms with Gasteiger partial charge in [0.1, 0.15) is 11.4 Å². The van der Waals surface area contributed by atoms with Gasteiger partial charge in [0, 0.05) is 0 Å². The van der Waals surface area contributed by atoms with E-state index in [1.807, 2.05) is 60.9 Å². The van der Waals surface area contributed by atoms with Crippen molar-refractivity contribution in [1.29, 1.82) is 0 Å². The predicted molar refractivity (Wildman–Crippen MR) is 95.8 cm³/mol. The summed E-state index contributed by atoms with van der Waals surface area (Å²) in [6.45, 7) is 0. The van der Waals surface area contributed by atoms with E-state index in [0.717, 1.165) is 17.0 Å². The van der Waals surface area contributed by atoms with Crippen LogP contribution in [0.4, 0.5) is 5.69 Å². The van der Waals surface area contributed by atoms with Crippen LogP contribution in [0.3, 0.4) is 0 Å². The Morgan fingerprint density at radius 2 is 1.78 bits per heavy atom. The number of nitrogens with zero attached hydrogens (tertiary/aromatic N) is 2. The van der Waals surface area contributed by atoms with Crippen LogP contribution < -0.4 is 9.64 Å². The summed E-state index contributed by atoms with van der Waals surface area (Å²) in [5, 5.41) is 0.681. The number of rotatable bonds is 3. The van der Waals surface area contributed by atoms with Gasteiger partial charge in [0.05, 0.1) is 12.8 Å². The Balaban J connectivity index is 1.93. The predicted octanol–water partition coefficient (Wildman–Crippen LogP) is 3.80. The zero-order valence-corrected chi connectivity index (χ0v) is 13.7. The number of hydrogen-bond donors (Lipinski definition) is 0. The summed E-state index contributed by atoms with van der Waals surface area (Å²) >= 11 is 1.45. The lowest BCUT2D eigenvalue weighted by Crippen LogP contribution is -2.29. The van der Waals surface area contributed by atoms with E-state index >= 15 is 0 Å². The zero-order chi connectivity index (χ0) is 16.2. The molecule has 1 aliphatic heterocycles. The van der Waals surface area contributed by atoms with Gasteiger partial charge in [-0.2, -0.15) is 0 Å². The molecule has 0 saturated carbocycles. The third kappa shape index (κ3) is 3.14. The summed E-state index contributed by atoms with van der Waals surface area (Å²) in [4.78, 5) is 18.8. The molecular weight excluding hydrogens is 308 g/mol. The number of ether oxygens (including phenoxy) is 1. The van der Waals surface area contributed by atoms with Crippen LogP contribution in [-0.4, -0.2) is 24.4 Å². The molecule has 3 rings (SSSR count). The smallest absolute Gasteiger partial charge is 0.283 e. The molecule has 0 bridgehead atoms. The van der Waals surface area contributed by atoms with Crippen molar-refractivity contribution in [3.63, 3.8) is 0 Å². The summed E-state index contributed by atoms with van der Waals surface area (Å²) in [6, 6.07) is 17.1. The summed E-state index contributed by atoms with van der Waals surface area (Å²) in [5.74, 6) is 0.667. The molecule has 0 aromatic heterocycles.